The van der Waals surface area contributed by atoms with Crippen LogP contribution in [0.1, 0.15) is 11.3 Å². The Morgan fingerprint density at radius 3 is 2.49 bits per heavy atom. The minimum absolute atomic E-state index is 0.0147. The first-order valence-electron chi connectivity index (χ1n) is 11.8. The van der Waals surface area contributed by atoms with Crippen LogP contribution in [0, 0.1) is 5.82 Å². The maximum Gasteiger partial charge on any atom is 0.416 e. The van der Waals surface area contributed by atoms with E-state index in [1.807, 2.05) is 0 Å². The van der Waals surface area contributed by atoms with Gasteiger partial charge in [0.2, 0.25) is 0 Å². The summed E-state index contributed by atoms with van der Waals surface area (Å²) in [5, 5.41) is 18.4. The number of halogens is 4. The topological polar surface area (TPSA) is 114 Å². The maximum absolute atomic E-state index is 14.2. The van der Waals surface area contributed by atoms with Gasteiger partial charge in [-0.25, -0.2) is 9.37 Å². The standard InChI is InChI=1S/C25H21F4N9O/c26-22-15-31-24(36-23(22)38-5-7-39-8-6-38)37-34-14-19-1-2-20(13-30-19)35-21-10-17(16-3-4-32-33-12-16)9-18(11-21)25(27,28)29/h1-4,9-13,15,35H,5-8,14H2. The molecule has 10 nitrogen and oxygen atoms in total. The van der Waals surface area contributed by atoms with Crippen LogP contribution < -0.4 is 10.2 Å². The van der Waals surface area contributed by atoms with Gasteiger partial charge < -0.3 is 15.0 Å². The fourth-order valence-electron chi connectivity index (χ4n) is 3.82. The van der Waals surface area contributed by atoms with Crippen LogP contribution in [0.5, 0.6) is 0 Å². The summed E-state index contributed by atoms with van der Waals surface area (Å²) in [5.74, 6) is -0.388. The van der Waals surface area contributed by atoms with Gasteiger partial charge in [0.1, 0.15) is 6.54 Å². The molecule has 1 aliphatic rings. The van der Waals surface area contributed by atoms with E-state index in [1.54, 1.807) is 29.2 Å². The number of alkyl halides is 3. The average Bonchev–Trinajstić information content (AvgIpc) is 2.95. The molecule has 0 bridgehead atoms. The number of hydrogen-bond acceptors (Lipinski definition) is 10. The predicted molar refractivity (Wildman–Crippen MR) is 133 cm³/mol. The minimum Gasteiger partial charge on any atom is -0.378 e. The summed E-state index contributed by atoms with van der Waals surface area (Å²) in [5.41, 5.74) is 1.30. The molecule has 0 spiro atoms. The molecule has 0 saturated carbocycles. The van der Waals surface area contributed by atoms with Crippen LogP contribution in [0.4, 0.5) is 40.7 Å². The van der Waals surface area contributed by atoms with Crippen LogP contribution in [-0.4, -0.2) is 51.5 Å². The van der Waals surface area contributed by atoms with E-state index in [0.717, 1.165) is 18.3 Å². The van der Waals surface area contributed by atoms with Crippen LogP contribution in [0.2, 0.25) is 0 Å². The van der Waals surface area contributed by atoms with Crippen molar-refractivity contribution >= 4 is 23.1 Å². The van der Waals surface area contributed by atoms with Gasteiger partial charge in [0.05, 0.1) is 54.9 Å². The van der Waals surface area contributed by atoms with E-state index in [0.29, 0.717) is 48.8 Å². The number of aromatic nitrogens is 5. The third kappa shape index (κ3) is 6.65. The lowest BCUT2D eigenvalue weighted by Crippen LogP contribution is -2.37. The molecular formula is C25H21F4N9O. The van der Waals surface area contributed by atoms with Gasteiger partial charge >= 0.3 is 6.18 Å². The highest BCUT2D eigenvalue weighted by Gasteiger charge is 2.31. The second kappa shape index (κ2) is 11.4. The van der Waals surface area contributed by atoms with E-state index in [4.69, 9.17) is 4.74 Å². The number of ether oxygens (including phenoxy) is 1. The van der Waals surface area contributed by atoms with Crippen molar-refractivity contribution in [3.05, 3.63) is 78.3 Å². The highest BCUT2D eigenvalue weighted by molar-refractivity contribution is 5.71. The summed E-state index contributed by atoms with van der Waals surface area (Å²) < 4.78 is 60.0. The summed E-state index contributed by atoms with van der Waals surface area (Å²) in [6.07, 6.45) is 0.800. The largest absolute Gasteiger partial charge is 0.416 e. The Balaban J connectivity index is 1.26. The monoisotopic (exact) mass is 539 g/mol. The number of rotatable bonds is 7. The SMILES string of the molecule is Fc1cnc(N=NCc2ccc(Nc3cc(-c4ccnnc4)cc(C(F)(F)F)c3)cn2)nc1N1CCOCC1. The van der Waals surface area contributed by atoms with Crippen LogP contribution in [-0.2, 0) is 17.5 Å². The van der Waals surface area contributed by atoms with E-state index in [9.17, 15) is 17.6 Å². The Labute approximate surface area is 219 Å². The van der Waals surface area contributed by atoms with Gasteiger partial charge in [0, 0.05) is 24.3 Å². The first-order chi connectivity index (χ1) is 18.8. The number of benzene rings is 1. The number of nitrogens with zero attached hydrogens (tertiary/aromatic N) is 8. The van der Waals surface area contributed by atoms with Crippen molar-refractivity contribution in [1.82, 2.24) is 25.1 Å². The molecule has 39 heavy (non-hydrogen) atoms. The van der Waals surface area contributed by atoms with Gasteiger partial charge in [-0.05, 0) is 42.0 Å². The van der Waals surface area contributed by atoms with Crippen molar-refractivity contribution in [3.8, 4) is 11.1 Å². The average molecular weight is 539 g/mol. The number of anilines is 3. The lowest BCUT2D eigenvalue weighted by Gasteiger charge is -2.27. The molecule has 0 aliphatic carbocycles. The molecule has 5 rings (SSSR count). The summed E-state index contributed by atoms with van der Waals surface area (Å²) in [6, 6.07) is 8.57. The summed E-state index contributed by atoms with van der Waals surface area (Å²) in [6.45, 7) is 2.08. The van der Waals surface area contributed by atoms with E-state index in [1.165, 1.54) is 18.6 Å². The molecule has 14 heteroatoms. The molecule has 1 N–H and O–H groups in total. The maximum atomic E-state index is 14.2. The smallest absolute Gasteiger partial charge is 0.378 e. The fourth-order valence-corrected chi connectivity index (χ4v) is 3.82. The van der Waals surface area contributed by atoms with Crippen LogP contribution in [0.25, 0.3) is 11.1 Å². The molecule has 0 radical (unpaired) electrons. The minimum atomic E-state index is -4.53. The summed E-state index contributed by atoms with van der Waals surface area (Å²) in [4.78, 5) is 14.0. The Kier molecular flexibility index (Phi) is 7.63. The van der Waals surface area contributed by atoms with Crippen LogP contribution in [0.15, 0.2) is 71.4 Å². The molecule has 0 amide bonds. The fraction of sp³-hybridized carbons (Fsp3) is 0.240. The van der Waals surface area contributed by atoms with Crippen molar-refractivity contribution in [2.24, 2.45) is 10.2 Å². The van der Waals surface area contributed by atoms with Crippen molar-refractivity contribution in [2.75, 3.05) is 36.5 Å². The zero-order valence-corrected chi connectivity index (χ0v) is 20.3. The molecule has 0 unspecified atom stereocenters. The molecule has 1 aromatic carbocycles. The number of pyridine rings is 1. The predicted octanol–water partition coefficient (Wildman–Crippen LogP) is 5.35. The zero-order chi connectivity index (χ0) is 27.2. The normalized spacial score (nSPS) is 14.1. The third-order valence-corrected chi connectivity index (χ3v) is 5.71. The third-order valence-electron chi connectivity index (χ3n) is 5.71. The summed E-state index contributed by atoms with van der Waals surface area (Å²) >= 11 is 0. The van der Waals surface area contributed by atoms with Gasteiger partial charge in [-0.3, -0.25) is 4.98 Å². The highest BCUT2D eigenvalue weighted by Crippen LogP contribution is 2.35. The number of azo groups is 1. The highest BCUT2D eigenvalue weighted by atomic mass is 19.4. The van der Waals surface area contributed by atoms with E-state index in [2.05, 4.69) is 40.7 Å². The van der Waals surface area contributed by atoms with Gasteiger partial charge in [-0.1, -0.05) is 0 Å². The van der Waals surface area contributed by atoms with Crippen LogP contribution in [0.3, 0.4) is 0 Å². The Morgan fingerprint density at radius 1 is 0.923 bits per heavy atom. The second-order valence-electron chi connectivity index (χ2n) is 8.43. The molecular weight excluding hydrogens is 518 g/mol. The van der Waals surface area contributed by atoms with Gasteiger partial charge in [-0.15, -0.1) is 5.11 Å². The Bertz CT molecular complexity index is 1440. The molecule has 200 valence electrons. The molecule has 0 atom stereocenters. The number of morpholine rings is 1. The van der Waals surface area contributed by atoms with Gasteiger partial charge in [-0.2, -0.15) is 33.5 Å². The number of nitrogens with one attached hydrogen (secondary N) is 1. The molecule has 1 aliphatic heterocycles. The van der Waals surface area contributed by atoms with Gasteiger partial charge in [0.15, 0.2) is 11.6 Å². The first kappa shape index (κ1) is 26.0. The lowest BCUT2D eigenvalue weighted by atomic mass is 10.0. The van der Waals surface area contributed by atoms with Crippen molar-refractivity contribution < 1.29 is 22.3 Å². The Hall–Kier alpha value is -4.59. The van der Waals surface area contributed by atoms with Gasteiger partial charge in [0.25, 0.3) is 5.95 Å². The Morgan fingerprint density at radius 2 is 1.77 bits per heavy atom. The van der Waals surface area contributed by atoms with Crippen molar-refractivity contribution in [1.29, 1.82) is 0 Å². The first-order valence-corrected chi connectivity index (χ1v) is 11.8. The molecule has 4 aromatic rings. The van der Waals surface area contributed by atoms with E-state index >= 15 is 0 Å². The van der Waals surface area contributed by atoms with E-state index in [-0.39, 0.29) is 24.0 Å². The zero-order valence-electron chi connectivity index (χ0n) is 20.3. The summed E-state index contributed by atoms with van der Waals surface area (Å²) in [7, 11) is 0. The molecule has 1 fully saturated rings. The number of hydrogen-bond donors (Lipinski definition) is 1. The van der Waals surface area contributed by atoms with E-state index < -0.39 is 17.6 Å². The second-order valence-corrected chi connectivity index (χ2v) is 8.43. The molecule has 1 saturated heterocycles. The van der Waals surface area contributed by atoms with Crippen molar-refractivity contribution in [2.45, 2.75) is 12.7 Å². The lowest BCUT2D eigenvalue weighted by molar-refractivity contribution is -0.137. The molecule has 3 aromatic heterocycles. The molecule has 4 heterocycles. The van der Waals surface area contributed by atoms with Crippen molar-refractivity contribution in [3.63, 3.8) is 0 Å². The van der Waals surface area contributed by atoms with Crippen LogP contribution >= 0.6 is 0 Å². The quantitative estimate of drug-likeness (QED) is 0.247.